The zero-order valence-electron chi connectivity index (χ0n) is 17.0. The number of hydrogen-bond acceptors (Lipinski definition) is 4. The van der Waals surface area contributed by atoms with E-state index in [1.807, 2.05) is 42.1 Å². The second-order valence-corrected chi connectivity index (χ2v) is 7.25. The number of benzene rings is 1. The largest absolute Gasteiger partial charge is 0.494 e. The number of amides is 2. The number of carbonyl (C=O) groups is 1. The van der Waals surface area contributed by atoms with Crippen LogP contribution in [0.5, 0.6) is 5.75 Å². The number of imidazole rings is 1. The Morgan fingerprint density at radius 1 is 1.25 bits per heavy atom. The minimum Gasteiger partial charge on any atom is -0.494 e. The first-order chi connectivity index (χ1) is 13.4. The molecule has 0 aliphatic carbocycles. The fraction of sp³-hybridized carbons (Fsp3) is 0.381. The van der Waals surface area contributed by atoms with Crippen LogP contribution in [0.25, 0.3) is 10.9 Å². The maximum absolute atomic E-state index is 12.9. The van der Waals surface area contributed by atoms with E-state index in [0.29, 0.717) is 6.54 Å². The molecule has 7 heteroatoms. The maximum Gasteiger partial charge on any atom is 0.318 e. The van der Waals surface area contributed by atoms with Gasteiger partial charge in [-0.2, -0.15) is 0 Å². The fourth-order valence-corrected chi connectivity index (χ4v) is 3.29. The average molecular weight is 381 g/mol. The highest BCUT2D eigenvalue weighted by Crippen LogP contribution is 2.27. The lowest BCUT2D eigenvalue weighted by atomic mass is 10.0. The van der Waals surface area contributed by atoms with Crippen molar-refractivity contribution in [2.24, 2.45) is 13.0 Å². The highest BCUT2D eigenvalue weighted by molar-refractivity contribution is 5.87. The average Bonchev–Trinajstić information content (AvgIpc) is 3.11. The summed E-state index contributed by atoms with van der Waals surface area (Å²) in [5, 5.41) is 4.09. The van der Waals surface area contributed by atoms with Crippen LogP contribution < -0.4 is 10.1 Å². The van der Waals surface area contributed by atoms with Crippen LogP contribution >= 0.6 is 0 Å². The summed E-state index contributed by atoms with van der Waals surface area (Å²) >= 11 is 0. The van der Waals surface area contributed by atoms with E-state index in [1.165, 1.54) is 0 Å². The third kappa shape index (κ3) is 3.93. The molecule has 0 spiro atoms. The Hall–Kier alpha value is -3.09. The highest BCUT2D eigenvalue weighted by Gasteiger charge is 2.24. The van der Waals surface area contributed by atoms with Gasteiger partial charge < -0.3 is 19.5 Å². The molecule has 7 nitrogen and oxygen atoms in total. The van der Waals surface area contributed by atoms with Gasteiger partial charge in [-0.05, 0) is 23.6 Å². The number of ether oxygens (including phenoxy) is 1. The number of aryl methyl sites for hydroxylation is 1. The standard InChI is InChI=1S/C21H27N5O2/c1-14(2)18(20-23-11-12-25(20)3)24-21(27)26(4)13-15-8-9-17(28-5)19-16(15)7-6-10-22-19/h6-12,14,18H,13H2,1-5H3,(H,24,27). The van der Waals surface area contributed by atoms with Crippen LogP contribution in [0.1, 0.15) is 31.3 Å². The lowest BCUT2D eigenvalue weighted by Gasteiger charge is -2.26. The smallest absolute Gasteiger partial charge is 0.318 e. The second-order valence-electron chi connectivity index (χ2n) is 7.25. The van der Waals surface area contributed by atoms with Crippen molar-refractivity contribution in [3.63, 3.8) is 0 Å². The van der Waals surface area contributed by atoms with Gasteiger partial charge in [-0.25, -0.2) is 9.78 Å². The number of fused-ring (bicyclic) bond motifs is 1. The lowest BCUT2D eigenvalue weighted by Crippen LogP contribution is -2.41. The third-order valence-corrected chi connectivity index (χ3v) is 4.88. The molecule has 1 unspecified atom stereocenters. The molecule has 3 rings (SSSR count). The van der Waals surface area contributed by atoms with Crippen molar-refractivity contribution in [2.45, 2.75) is 26.4 Å². The summed E-state index contributed by atoms with van der Waals surface area (Å²) in [4.78, 5) is 23.4. The summed E-state index contributed by atoms with van der Waals surface area (Å²) in [6, 6.07) is 7.45. The first-order valence-electron chi connectivity index (χ1n) is 9.31. The van der Waals surface area contributed by atoms with E-state index in [0.717, 1.165) is 28.0 Å². The highest BCUT2D eigenvalue weighted by atomic mass is 16.5. The van der Waals surface area contributed by atoms with Gasteiger partial charge >= 0.3 is 6.03 Å². The molecule has 0 aliphatic heterocycles. The topological polar surface area (TPSA) is 72.3 Å². The molecule has 148 valence electrons. The molecule has 2 heterocycles. The molecule has 1 aromatic carbocycles. The van der Waals surface area contributed by atoms with E-state index < -0.39 is 0 Å². The van der Waals surface area contributed by atoms with Crippen molar-refractivity contribution in [3.05, 3.63) is 54.2 Å². The predicted molar refractivity (Wildman–Crippen MR) is 109 cm³/mol. The summed E-state index contributed by atoms with van der Waals surface area (Å²) in [6.07, 6.45) is 5.37. The Bertz CT molecular complexity index is 966. The number of carbonyl (C=O) groups excluding carboxylic acids is 1. The lowest BCUT2D eigenvalue weighted by molar-refractivity contribution is 0.197. The van der Waals surface area contributed by atoms with Crippen LogP contribution in [0.15, 0.2) is 42.9 Å². The molecule has 1 atom stereocenters. The summed E-state index contributed by atoms with van der Waals surface area (Å²) in [6.45, 7) is 4.61. The van der Waals surface area contributed by atoms with Gasteiger partial charge in [-0.1, -0.05) is 26.0 Å². The molecule has 0 radical (unpaired) electrons. The van der Waals surface area contributed by atoms with Gasteiger partial charge in [0.05, 0.1) is 13.2 Å². The molecule has 0 bridgehead atoms. The zero-order valence-corrected chi connectivity index (χ0v) is 17.0. The molecule has 2 aromatic heterocycles. The van der Waals surface area contributed by atoms with Gasteiger partial charge in [0.1, 0.15) is 17.1 Å². The number of rotatable bonds is 6. The summed E-state index contributed by atoms with van der Waals surface area (Å²) in [7, 11) is 5.36. The van der Waals surface area contributed by atoms with E-state index in [2.05, 4.69) is 29.1 Å². The first kappa shape index (κ1) is 19.7. The molecule has 0 saturated carbocycles. The van der Waals surface area contributed by atoms with Crippen molar-refractivity contribution in [1.29, 1.82) is 0 Å². The van der Waals surface area contributed by atoms with Crippen LogP contribution in [0.4, 0.5) is 4.79 Å². The molecule has 3 aromatic rings. The number of methoxy groups -OCH3 is 1. The number of aromatic nitrogens is 3. The van der Waals surface area contributed by atoms with E-state index in [-0.39, 0.29) is 18.0 Å². The van der Waals surface area contributed by atoms with Crippen LogP contribution in [0.3, 0.4) is 0 Å². The maximum atomic E-state index is 12.9. The van der Waals surface area contributed by atoms with Crippen molar-refractivity contribution in [3.8, 4) is 5.75 Å². The predicted octanol–water partition coefficient (Wildman–Crippen LogP) is 3.52. The van der Waals surface area contributed by atoms with Crippen molar-refractivity contribution in [1.82, 2.24) is 24.8 Å². The Balaban J connectivity index is 1.79. The van der Waals surface area contributed by atoms with E-state index in [4.69, 9.17) is 4.74 Å². The minimum atomic E-state index is -0.163. The third-order valence-electron chi connectivity index (χ3n) is 4.88. The molecule has 0 fully saturated rings. The number of nitrogens with zero attached hydrogens (tertiary/aromatic N) is 4. The second kappa shape index (κ2) is 8.29. The minimum absolute atomic E-state index is 0.144. The Labute approximate surface area is 165 Å². The SMILES string of the molecule is COc1ccc(CN(C)C(=O)NC(c2nccn2C)C(C)C)c2cccnc12. The van der Waals surface area contributed by atoms with Crippen LogP contribution in [0, 0.1) is 5.92 Å². The number of urea groups is 1. The molecule has 0 aliphatic rings. The molecule has 0 saturated heterocycles. The summed E-state index contributed by atoms with van der Waals surface area (Å²) in [5.74, 6) is 1.78. The normalized spacial score (nSPS) is 12.2. The zero-order chi connectivity index (χ0) is 20.3. The van der Waals surface area contributed by atoms with Crippen LogP contribution in [0.2, 0.25) is 0 Å². The van der Waals surface area contributed by atoms with Crippen LogP contribution in [-0.4, -0.2) is 39.6 Å². The van der Waals surface area contributed by atoms with Gasteiger partial charge in [-0.15, -0.1) is 0 Å². The van der Waals surface area contributed by atoms with E-state index in [1.54, 1.807) is 31.5 Å². The molecular formula is C21H27N5O2. The monoisotopic (exact) mass is 381 g/mol. The fourth-order valence-electron chi connectivity index (χ4n) is 3.29. The quantitative estimate of drug-likeness (QED) is 0.709. The van der Waals surface area contributed by atoms with Gasteiger partial charge in [0, 0.05) is 44.6 Å². The molecule has 2 amide bonds. The summed E-state index contributed by atoms with van der Waals surface area (Å²) < 4.78 is 7.34. The van der Waals surface area contributed by atoms with Crippen molar-refractivity contribution >= 4 is 16.9 Å². The van der Waals surface area contributed by atoms with E-state index >= 15 is 0 Å². The Kier molecular flexibility index (Phi) is 5.82. The summed E-state index contributed by atoms with van der Waals surface area (Å²) in [5.41, 5.74) is 1.81. The molecule has 1 N–H and O–H groups in total. The Morgan fingerprint density at radius 2 is 2.04 bits per heavy atom. The number of hydrogen-bond donors (Lipinski definition) is 1. The number of pyridine rings is 1. The van der Waals surface area contributed by atoms with Gasteiger partial charge in [-0.3, -0.25) is 4.98 Å². The van der Waals surface area contributed by atoms with E-state index in [9.17, 15) is 4.79 Å². The van der Waals surface area contributed by atoms with Crippen LogP contribution in [-0.2, 0) is 13.6 Å². The first-order valence-corrected chi connectivity index (χ1v) is 9.31. The van der Waals surface area contributed by atoms with Crippen molar-refractivity contribution < 1.29 is 9.53 Å². The number of nitrogens with one attached hydrogen (secondary N) is 1. The molecule has 28 heavy (non-hydrogen) atoms. The Morgan fingerprint density at radius 3 is 2.68 bits per heavy atom. The molecular weight excluding hydrogens is 354 g/mol. The van der Waals surface area contributed by atoms with Crippen molar-refractivity contribution in [2.75, 3.05) is 14.2 Å². The van der Waals surface area contributed by atoms with Gasteiger partial charge in [0.2, 0.25) is 0 Å². The van der Waals surface area contributed by atoms with Gasteiger partial charge in [0.25, 0.3) is 0 Å². The van der Waals surface area contributed by atoms with Gasteiger partial charge in [0.15, 0.2) is 0 Å².